The first-order valence-electron chi connectivity index (χ1n) is 4.38. The normalized spacial score (nSPS) is 9.53. The lowest BCUT2D eigenvalue weighted by molar-refractivity contribution is 1.17. The second-order valence-corrected chi connectivity index (χ2v) is 2.99. The number of anilines is 1. The first kappa shape index (κ1) is 9.16. The molecular formula is C11H8N4. The van der Waals surface area contributed by atoms with E-state index in [4.69, 9.17) is 11.0 Å². The Morgan fingerprint density at radius 3 is 2.60 bits per heavy atom. The lowest BCUT2D eigenvalue weighted by atomic mass is 10.1. The molecule has 0 aliphatic heterocycles. The topological polar surface area (TPSA) is 75.6 Å². The number of benzene rings is 1. The van der Waals surface area contributed by atoms with Crippen LogP contribution in [0.1, 0.15) is 5.56 Å². The first-order chi connectivity index (χ1) is 7.31. The number of hydrogen-bond acceptors (Lipinski definition) is 4. The summed E-state index contributed by atoms with van der Waals surface area (Å²) < 4.78 is 0. The van der Waals surface area contributed by atoms with Gasteiger partial charge in [0.1, 0.15) is 0 Å². The molecule has 1 aromatic carbocycles. The Balaban J connectivity index is 2.62. The fourth-order valence-corrected chi connectivity index (χ4v) is 1.28. The summed E-state index contributed by atoms with van der Waals surface area (Å²) in [5, 5.41) is 8.92. The Hall–Kier alpha value is -2.41. The van der Waals surface area contributed by atoms with Crippen LogP contribution in [0.3, 0.4) is 0 Å². The Morgan fingerprint density at radius 2 is 1.93 bits per heavy atom. The maximum absolute atomic E-state index is 8.92. The van der Waals surface area contributed by atoms with Crippen LogP contribution in [0.4, 0.5) is 5.69 Å². The highest BCUT2D eigenvalue weighted by atomic mass is 14.9. The van der Waals surface area contributed by atoms with Crippen LogP contribution in [0.25, 0.3) is 11.4 Å². The molecule has 0 spiro atoms. The molecule has 0 bridgehead atoms. The first-order valence-corrected chi connectivity index (χ1v) is 4.38. The number of hydrogen-bond donors (Lipinski definition) is 1. The number of nitriles is 1. The summed E-state index contributed by atoms with van der Waals surface area (Å²) >= 11 is 0. The van der Waals surface area contributed by atoms with Gasteiger partial charge >= 0.3 is 0 Å². The van der Waals surface area contributed by atoms with Crippen LogP contribution < -0.4 is 5.73 Å². The minimum Gasteiger partial charge on any atom is -0.399 e. The van der Waals surface area contributed by atoms with E-state index in [0.717, 1.165) is 0 Å². The molecule has 0 radical (unpaired) electrons. The van der Waals surface area contributed by atoms with Crippen molar-refractivity contribution >= 4 is 5.69 Å². The summed E-state index contributed by atoms with van der Waals surface area (Å²) in [6.45, 7) is 0. The van der Waals surface area contributed by atoms with Gasteiger partial charge in [-0.2, -0.15) is 5.26 Å². The van der Waals surface area contributed by atoms with Crippen LogP contribution in [0.5, 0.6) is 0 Å². The molecule has 1 aromatic heterocycles. The van der Waals surface area contributed by atoms with E-state index in [1.807, 2.05) is 0 Å². The van der Waals surface area contributed by atoms with E-state index in [9.17, 15) is 0 Å². The van der Waals surface area contributed by atoms with Gasteiger partial charge in [0.05, 0.1) is 11.6 Å². The number of nitrogen functional groups attached to an aromatic ring is 1. The van der Waals surface area contributed by atoms with Gasteiger partial charge in [-0.05, 0) is 24.3 Å². The van der Waals surface area contributed by atoms with Gasteiger partial charge in [-0.3, -0.25) is 0 Å². The van der Waals surface area contributed by atoms with E-state index < -0.39 is 0 Å². The van der Waals surface area contributed by atoms with Crippen molar-refractivity contribution in [3.8, 4) is 17.5 Å². The van der Waals surface area contributed by atoms with E-state index in [-0.39, 0.29) is 0 Å². The van der Waals surface area contributed by atoms with Crippen LogP contribution >= 0.6 is 0 Å². The quantitative estimate of drug-likeness (QED) is 0.703. The Morgan fingerprint density at radius 1 is 1.20 bits per heavy atom. The Kier molecular flexibility index (Phi) is 2.30. The number of aromatic nitrogens is 2. The molecule has 15 heavy (non-hydrogen) atoms. The van der Waals surface area contributed by atoms with Crippen molar-refractivity contribution in [2.75, 3.05) is 5.73 Å². The maximum atomic E-state index is 8.92. The molecule has 0 aliphatic carbocycles. The molecule has 0 atom stereocenters. The van der Waals surface area contributed by atoms with E-state index in [1.54, 1.807) is 36.7 Å². The molecule has 0 aliphatic rings. The number of nitrogens with zero attached hydrogens (tertiary/aromatic N) is 3. The van der Waals surface area contributed by atoms with Crippen LogP contribution in [0.15, 0.2) is 36.7 Å². The molecule has 0 fully saturated rings. The monoisotopic (exact) mass is 196 g/mol. The zero-order valence-corrected chi connectivity index (χ0v) is 7.88. The average Bonchev–Trinajstić information content (AvgIpc) is 2.30. The molecule has 1 heterocycles. The molecule has 0 saturated heterocycles. The summed E-state index contributed by atoms with van der Waals surface area (Å²) in [6, 6.07) is 8.87. The van der Waals surface area contributed by atoms with E-state index in [0.29, 0.717) is 22.6 Å². The van der Waals surface area contributed by atoms with Crippen LogP contribution in [-0.4, -0.2) is 9.97 Å². The fraction of sp³-hybridized carbons (Fsp3) is 0. The zero-order chi connectivity index (χ0) is 10.7. The van der Waals surface area contributed by atoms with E-state index in [2.05, 4.69) is 16.0 Å². The molecular weight excluding hydrogens is 188 g/mol. The van der Waals surface area contributed by atoms with Gasteiger partial charge in [-0.1, -0.05) is 0 Å². The SMILES string of the molecule is N#Cc1ccc(N)cc1-c1ncccn1. The van der Waals surface area contributed by atoms with Gasteiger partial charge in [0, 0.05) is 23.6 Å². The molecule has 2 rings (SSSR count). The molecule has 72 valence electrons. The minimum atomic E-state index is 0.515. The number of rotatable bonds is 1. The molecule has 0 amide bonds. The highest BCUT2D eigenvalue weighted by molar-refractivity contribution is 5.68. The summed E-state index contributed by atoms with van der Waals surface area (Å²) in [6.07, 6.45) is 3.26. The van der Waals surface area contributed by atoms with Gasteiger partial charge < -0.3 is 5.73 Å². The van der Waals surface area contributed by atoms with Gasteiger partial charge in [-0.15, -0.1) is 0 Å². The average molecular weight is 196 g/mol. The minimum absolute atomic E-state index is 0.515. The van der Waals surface area contributed by atoms with E-state index >= 15 is 0 Å². The lowest BCUT2D eigenvalue weighted by Gasteiger charge is -2.02. The van der Waals surface area contributed by atoms with Gasteiger partial charge in [0.2, 0.25) is 0 Å². The summed E-state index contributed by atoms with van der Waals surface area (Å²) in [5.74, 6) is 0.515. The molecule has 4 heteroatoms. The second-order valence-electron chi connectivity index (χ2n) is 2.99. The van der Waals surface area contributed by atoms with Gasteiger partial charge in [-0.25, -0.2) is 9.97 Å². The van der Waals surface area contributed by atoms with Crippen molar-refractivity contribution in [3.63, 3.8) is 0 Å². The summed E-state index contributed by atoms with van der Waals surface area (Å²) in [5.41, 5.74) is 7.44. The maximum Gasteiger partial charge on any atom is 0.160 e. The van der Waals surface area contributed by atoms with Crippen molar-refractivity contribution in [1.82, 2.24) is 9.97 Å². The summed E-state index contributed by atoms with van der Waals surface area (Å²) in [7, 11) is 0. The second kappa shape index (κ2) is 3.76. The zero-order valence-electron chi connectivity index (χ0n) is 7.88. The summed E-state index contributed by atoms with van der Waals surface area (Å²) in [4.78, 5) is 8.16. The van der Waals surface area contributed by atoms with Crippen molar-refractivity contribution in [2.45, 2.75) is 0 Å². The largest absolute Gasteiger partial charge is 0.399 e. The molecule has 2 N–H and O–H groups in total. The highest BCUT2D eigenvalue weighted by Gasteiger charge is 2.06. The fourth-order valence-electron chi connectivity index (χ4n) is 1.28. The molecule has 4 nitrogen and oxygen atoms in total. The van der Waals surface area contributed by atoms with Crippen LogP contribution in [-0.2, 0) is 0 Å². The van der Waals surface area contributed by atoms with Crippen molar-refractivity contribution < 1.29 is 0 Å². The molecule has 2 aromatic rings. The highest BCUT2D eigenvalue weighted by Crippen LogP contribution is 2.21. The smallest absolute Gasteiger partial charge is 0.160 e. The van der Waals surface area contributed by atoms with Crippen LogP contribution in [0, 0.1) is 11.3 Å². The third kappa shape index (κ3) is 1.76. The molecule has 0 saturated carbocycles. The molecule has 0 unspecified atom stereocenters. The number of nitrogens with two attached hydrogens (primary N) is 1. The van der Waals surface area contributed by atoms with Gasteiger partial charge in [0.15, 0.2) is 5.82 Å². The van der Waals surface area contributed by atoms with Crippen molar-refractivity contribution in [2.24, 2.45) is 0 Å². The lowest BCUT2D eigenvalue weighted by Crippen LogP contribution is -1.93. The Bertz CT molecular complexity index is 514. The Labute approximate surface area is 87.0 Å². The van der Waals surface area contributed by atoms with Crippen LogP contribution in [0.2, 0.25) is 0 Å². The standard InChI is InChI=1S/C11H8N4/c12-7-8-2-3-9(13)6-10(8)11-14-4-1-5-15-11/h1-6H,13H2. The van der Waals surface area contributed by atoms with Crippen molar-refractivity contribution in [3.05, 3.63) is 42.2 Å². The third-order valence-corrected chi connectivity index (χ3v) is 1.97. The van der Waals surface area contributed by atoms with E-state index in [1.165, 1.54) is 0 Å². The van der Waals surface area contributed by atoms with Gasteiger partial charge in [0.25, 0.3) is 0 Å². The third-order valence-electron chi connectivity index (χ3n) is 1.97. The predicted molar refractivity (Wildman–Crippen MR) is 56.6 cm³/mol. The predicted octanol–water partition coefficient (Wildman–Crippen LogP) is 1.60. The van der Waals surface area contributed by atoms with Crippen molar-refractivity contribution in [1.29, 1.82) is 5.26 Å².